The molecule has 4 heterocycles. The highest BCUT2D eigenvalue weighted by Crippen LogP contribution is 2.31. The number of aryl methyl sites for hydroxylation is 2. The third kappa shape index (κ3) is 3.57. The lowest BCUT2D eigenvalue weighted by Crippen LogP contribution is -2.32. The maximum atomic E-state index is 12.6. The molecular weight excluding hydrogens is 374 g/mol. The molecule has 0 aromatic carbocycles. The van der Waals surface area contributed by atoms with Gasteiger partial charge in [-0.05, 0) is 32.3 Å². The maximum Gasteiger partial charge on any atom is 0.258 e. The molecule has 0 radical (unpaired) electrons. The number of sulfonamides is 1. The van der Waals surface area contributed by atoms with Crippen molar-refractivity contribution in [3.8, 4) is 0 Å². The van der Waals surface area contributed by atoms with E-state index < -0.39 is 10.0 Å². The summed E-state index contributed by atoms with van der Waals surface area (Å²) >= 11 is 0. The number of pyridine rings is 1. The summed E-state index contributed by atoms with van der Waals surface area (Å²) in [6, 6.07) is 1.53. The molecule has 4 rings (SSSR count). The van der Waals surface area contributed by atoms with Gasteiger partial charge in [0.05, 0.1) is 23.4 Å². The number of hydrogen-bond acceptors (Lipinski definition) is 9. The van der Waals surface area contributed by atoms with Crippen LogP contribution < -0.4 is 4.72 Å². The predicted molar refractivity (Wildman–Crippen MR) is 92.3 cm³/mol. The molecule has 0 amide bonds. The van der Waals surface area contributed by atoms with E-state index in [2.05, 4.69) is 25.0 Å². The van der Waals surface area contributed by atoms with Crippen molar-refractivity contribution in [2.24, 2.45) is 0 Å². The third-order valence-electron chi connectivity index (χ3n) is 4.45. The van der Waals surface area contributed by atoms with Crippen molar-refractivity contribution >= 4 is 21.1 Å². The van der Waals surface area contributed by atoms with Gasteiger partial charge in [0.25, 0.3) is 11.6 Å². The topological polar surface area (TPSA) is 133 Å². The Morgan fingerprint density at radius 1 is 1.26 bits per heavy atom. The lowest BCUT2D eigenvalue weighted by molar-refractivity contribution is 0.0290. The number of hydrogen-bond donors (Lipinski definition) is 1. The van der Waals surface area contributed by atoms with Gasteiger partial charge >= 0.3 is 0 Å². The Balaban J connectivity index is 1.43. The second kappa shape index (κ2) is 6.98. The summed E-state index contributed by atoms with van der Waals surface area (Å²) < 4.78 is 43.8. The standard InChI is InChI=1S/C16H19N5O5S/c1-3-13-12-6-11(8-17-15(12)25-21-13)27(22,23)18-7-10-4-5-14(24-10)16-19-9(2)20-26-16/h6,8,10,14,18H,3-5,7H2,1-2H3/t10-,14+/m1/s1. The molecule has 1 aliphatic heterocycles. The molecule has 27 heavy (non-hydrogen) atoms. The quantitative estimate of drug-likeness (QED) is 0.663. The van der Waals surface area contributed by atoms with Crippen LogP contribution in [-0.2, 0) is 21.2 Å². The Hall–Kier alpha value is -2.37. The molecule has 10 nitrogen and oxygen atoms in total. The van der Waals surface area contributed by atoms with Gasteiger partial charge < -0.3 is 13.8 Å². The maximum absolute atomic E-state index is 12.6. The molecule has 1 aliphatic rings. The Bertz CT molecular complexity index is 1060. The van der Waals surface area contributed by atoms with E-state index in [1.54, 1.807) is 6.92 Å². The van der Waals surface area contributed by atoms with Gasteiger partial charge in [0, 0.05) is 6.54 Å². The van der Waals surface area contributed by atoms with Crippen LogP contribution in [0.3, 0.4) is 0 Å². The Morgan fingerprint density at radius 2 is 2.11 bits per heavy atom. The smallest absolute Gasteiger partial charge is 0.258 e. The minimum Gasteiger partial charge on any atom is -0.364 e. The molecule has 1 N–H and O–H groups in total. The third-order valence-corrected chi connectivity index (χ3v) is 5.84. The highest BCUT2D eigenvalue weighted by atomic mass is 32.2. The molecular formula is C16H19N5O5S. The van der Waals surface area contributed by atoms with Gasteiger partial charge in [-0.3, -0.25) is 0 Å². The van der Waals surface area contributed by atoms with Gasteiger partial charge in [0.1, 0.15) is 11.0 Å². The summed E-state index contributed by atoms with van der Waals surface area (Å²) in [5.74, 6) is 0.966. The summed E-state index contributed by atoms with van der Waals surface area (Å²) in [7, 11) is -3.73. The van der Waals surface area contributed by atoms with Crippen LogP contribution in [0.25, 0.3) is 11.1 Å². The Morgan fingerprint density at radius 3 is 2.85 bits per heavy atom. The first kappa shape index (κ1) is 18.0. The van der Waals surface area contributed by atoms with E-state index >= 15 is 0 Å². The summed E-state index contributed by atoms with van der Waals surface area (Å²) in [5, 5.41) is 8.24. The summed E-state index contributed by atoms with van der Waals surface area (Å²) in [6.07, 6.45) is 2.70. The van der Waals surface area contributed by atoms with E-state index in [1.807, 2.05) is 6.92 Å². The number of nitrogens with zero attached hydrogens (tertiary/aromatic N) is 4. The molecule has 1 saturated heterocycles. The number of fused-ring (bicyclic) bond motifs is 1. The fourth-order valence-corrected chi connectivity index (χ4v) is 4.07. The molecule has 0 spiro atoms. The van der Waals surface area contributed by atoms with Crippen LogP contribution in [0, 0.1) is 6.92 Å². The normalized spacial score (nSPS) is 20.5. The van der Waals surface area contributed by atoms with Crippen molar-refractivity contribution in [1.29, 1.82) is 0 Å². The summed E-state index contributed by atoms with van der Waals surface area (Å²) in [4.78, 5) is 8.27. The zero-order valence-corrected chi connectivity index (χ0v) is 15.7. The van der Waals surface area contributed by atoms with Gasteiger partial charge in [0.15, 0.2) is 5.82 Å². The molecule has 3 aromatic heterocycles. The van der Waals surface area contributed by atoms with E-state index in [-0.39, 0.29) is 23.6 Å². The van der Waals surface area contributed by atoms with E-state index in [4.69, 9.17) is 13.8 Å². The fourth-order valence-electron chi connectivity index (χ4n) is 3.03. The molecule has 1 fully saturated rings. The lowest BCUT2D eigenvalue weighted by atomic mass is 10.2. The van der Waals surface area contributed by atoms with Gasteiger partial charge in [-0.25, -0.2) is 18.1 Å². The van der Waals surface area contributed by atoms with Crippen molar-refractivity contribution in [3.63, 3.8) is 0 Å². The molecule has 2 atom stereocenters. The second-order valence-corrected chi connectivity index (χ2v) is 8.13. The van der Waals surface area contributed by atoms with Crippen molar-refractivity contribution in [2.45, 2.75) is 50.2 Å². The van der Waals surface area contributed by atoms with Crippen LogP contribution in [0.4, 0.5) is 0 Å². The SMILES string of the molecule is CCc1noc2ncc(S(=O)(=O)NC[C@H]3CC[C@@H](c4nc(C)no4)O3)cc12. The minimum absolute atomic E-state index is 0.0648. The van der Waals surface area contributed by atoms with Crippen LogP contribution in [-0.4, -0.2) is 41.3 Å². The summed E-state index contributed by atoms with van der Waals surface area (Å²) in [6.45, 7) is 3.79. The van der Waals surface area contributed by atoms with Crippen LogP contribution in [0.2, 0.25) is 0 Å². The molecule has 0 saturated carbocycles. The molecule has 0 bridgehead atoms. The van der Waals surface area contributed by atoms with Gasteiger partial charge in [-0.2, -0.15) is 4.98 Å². The first-order valence-electron chi connectivity index (χ1n) is 8.66. The number of nitrogens with one attached hydrogen (secondary N) is 1. The van der Waals surface area contributed by atoms with Crippen LogP contribution >= 0.6 is 0 Å². The fraction of sp³-hybridized carbons (Fsp3) is 0.500. The van der Waals surface area contributed by atoms with Crippen molar-refractivity contribution < 1.29 is 22.2 Å². The van der Waals surface area contributed by atoms with Crippen molar-refractivity contribution in [2.75, 3.05) is 6.54 Å². The minimum atomic E-state index is -3.73. The second-order valence-electron chi connectivity index (χ2n) is 6.36. The number of aromatic nitrogens is 4. The first-order chi connectivity index (χ1) is 13.0. The zero-order chi connectivity index (χ0) is 19.0. The highest BCUT2D eigenvalue weighted by Gasteiger charge is 2.31. The average molecular weight is 393 g/mol. The predicted octanol–water partition coefficient (Wildman–Crippen LogP) is 1.68. The molecule has 0 aliphatic carbocycles. The summed E-state index contributed by atoms with van der Waals surface area (Å²) in [5.41, 5.74) is 0.994. The molecule has 144 valence electrons. The number of rotatable bonds is 6. The van der Waals surface area contributed by atoms with Crippen LogP contribution in [0.1, 0.15) is 43.3 Å². The largest absolute Gasteiger partial charge is 0.364 e. The Labute approximate surface area is 155 Å². The van der Waals surface area contributed by atoms with Gasteiger partial charge in [-0.1, -0.05) is 17.2 Å². The van der Waals surface area contributed by atoms with E-state index in [1.165, 1.54) is 12.3 Å². The van der Waals surface area contributed by atoms with Gasteiger partial charge in [0.2, 0.25) is 10.0 Å². The van der Waals surface area contributed by atoms with Crippen LogP contribution in [0.5, 0.6) is 0 Å². The zero-order valence-electron chi connectivity index (χ0n) is 14.9. The van der Waals surface area contributed by atoms with Crippen LogP contribution in [0.15, 0.2) is 26.2 Å². The van der Waals surface area contributed by atoms with E-state index in [0.717, 1.165) is 0 Å². The van der Waals surface area contributed by atoms with E-state index in [9.17, 15) is 8.42 Å². The first-order valence-corrected chi connectivity index (χ1v) is 10.1. The van der Waals surface area contributed by atoms with Crippen molar-refractivity contribution in [1.82, 2.24) is 25.0 Å². The molecule has 0 unspecified atom stereocenters. The number of ether oxygens (including phenoxy) is 1. The highest BCUT2D eigenvalue weighted by molar-refractivity contribution is 7.89. The lowest BCUT2D eigenvalue weighted by Gasteiger charge is -2.12. The molecule has 11 heteroatoms. The van der Waals surface area contributed by atoms with E-state index in [0.29, 0.717) is 47.8 Å². The average Bonchev–Trinajstić information content (AvgIpc) is 3.38. The van der Waals surface area contributed by atoms with Gasteiger partial charge in [-0.15, -0.1) is 0 Å². The monoisotopic (exact) mass is 393 g/mol. The Kier molecular flexibility index (Phi) is 4.66. The van der Waals surface area contributed by atoms with Crippen molar-refractivity contribution in [3.05, 3.63) is 29.7 Å². The molecule has 3 aromatic rings.